The van der Waals surface area contributed by atoms with E-state index in [0.29, 0.717) is 23.4 Å². The van der Waals surface area contributed by atoms with Gasteiger partial charge in [0.1, 0.15) is 11.6 Å². The van der Waals surface area contributed by atoms with Gasteiger partial charge in [-0.1, -0.05) is 18.2 Å². The van der Waals surface area contributed by atoms with Gasteiger partial charge in [-0.15, -0.1) is 0 Å². The number of dihydropyridines is 1. The zero-order valence-electron chi connectivity index (χ0n) is 16.5. The number of allylic oxidation sites excluding steroid dienone is 3. The molecule has 2 aromatic rings. The minimum Gasteiger partial charge on any atom is -0.497 e. The Kier molecular flexibility index (Phi) is 5.16. The highest BCUT2D eigenvalue weighted by Gasteiger charge is 2.38. The summed E-state index contributed by atoms with van der Waals surface area (Å²) < 4.78 is 5.27. The van der Waals surface area contributed by atoms with Gasteiger partial charge < -0.3 is 15.4 Å². The van der Waals surface area contributed by atoms with Crippen molar-refractivity contribution in [2.45, 2.75) is 32.1 Å². The Morgan fingerprint density at radius 1 is 1.17 bits per heavy atom. The van der Waals surface area contributed by atoms with Crippen LogP contribution in [0.3, 0.4) is 0 Å². The number of amides is 1. The lowest BCUT2D eigenvalue weighted by Gasteiger charge is -2.34. The molecule has 1 aromatic heterocycles. The lowest BCUT2D eigenvalue weighted by atomic mass is 9.75. The maximum absolute atomic E-state index is 13.3. The summed E-state index contributed by atoms with van der Waals surface area (Å²) in [6.45, 7) is 1.88. The van der Waals surface area contributed by atoms with Crippen LogP contribution in [0.5, 0.6) is 5.75 Å². The van der Waals surface area contributed by atoms with Gasteiger partial charge in [0.05, 0.1) is 7.11 Å². The predicted molar refractivity (Wildman–Crippen MR) is 110 cm³/mol. The summed E-state index contributed by atoms with van der Waals surface area (Å²) in [7, 11) is 1.61. The molecule has 0 radical (unpaired) electrons. The molecule has 2 heterocycles. The maximum Gasteiger partial charge on any atom is 0.255 e. The number of nitrogens with one attached hydrogen (secondary N) is 2. The van der Waals surface area contributed by atoms with Crippen LogP contribution in [0.2, 0.25) is 0 Å². The molecule has 0 unspecified atom stereocenters. The van der Waals surface area contributed by atoms with Crippen LogP contribution in [0, 0.1) is 0 Å². The molecule has 0 spiro atoms. The monoisotopic (exact) mass is 389 g/mol. The zero-order chi connectivity index (χ0) is 20.4. The number of aromatic nitrogens is 1. The standard InChI is InChI=1S/C23H23N3O3/c1-14-20(23(28)26-19-8-3-4-13-24-19)21(15-9-11-16(29-2)12-10-15)22-17(25-14)6-5-7-18(22)27/h3-4,8-13,21,25H,5-7H2,1-2H3,(H,24,26,28)/t21-/m1/s1. The Morgan fingerprint density at radius 3 is 2.66 bits per heavy atom. The van der Waals surface area contributed by atoms with Crippen molar-refractivity contribution < 1.29 is 14.3 Å². The van der Waals surface area contributed by atoms with Gasteiger partial charge in [-0.2, -0.15) is 0 Å². The molecule has 29 heavy (non-hydrogen) atoms. The molecule has 0 saturated heterocycles. The summed E-state index contributed by atoms with van der Waals surface area (Å²) in [4.78, 5) is 30.3. The number of benzene rings is 1. The molecule has 2 N–H and O–H groups in total. The quantitative estimate of drug-likeness (QED) is 0.834. The van der Waals surface area contributed by atoms with E-state index in [1.54, 1.807) is 25.4 Å². The predicted octanol–water partition coefficient (Wildman–Crippen LogP) is 3.70. The van der Waals surface area contributed by atoms with E-state index in [2.05, 4.69) is 15.6 Å². The molecule has 6 nitrogen and oxygen atoms in total. The second-order valence-electron chi connectivity index (χ2n) is 7.21. The Labute approximate surface area is 169 Å². The molecule has 1 atom stereocenters. The third-order valence-electron chi connectivity index (χ3n) is 5.38. The molecule has 1 aliphatic heterocycles. The molecule has 4 rings (SSSR count). The summed E-state index contributed by atoms with van der Waals surface area (Å²) in [5.74, 6) is 0.608. The van der Waals surface area contributed by atoms with E-state index in [9.17, 15) is 9.59 Å². The third-order valence-corrected chi connectivity index (χ3v) is 5.38. The van der Waals surface area contributed by atoms with E-state index in [0.717, 1.165) is 35.5 Å². The number of Topliss-reactive ketones (excluding diaryl/α,β-unsaturated/α-hetero) is 1. The van der Waals surface area contributed by atoms with E-state index in [1.165, 1.54) is 0 Å². The Bertz CT molecular complexity index is 1010. The van der Waals surface area contributed by atoms with Crippen LogP contribution in [-0.2, 0) is 9.59 Å². The molecule has 0 bridgehead atoms. The molecule has 0 fully saturated rings. The van der Waals surface area contributed by atoms with Gasteiger partial charge in [0, 0.05) is 41.1 Å². The number of pyridine rings is 1. The number of rotatable bonds is 4. The van der Waals surface area contributed by atoms with Gasteiger partial charge in [-0.05, 0) is 49.6 Å². The summed E-state index contributed by atoms with van der Waals surface area (Å²) in [5, 5.41) is 6.19. The van der Waals surface area contributed by atoms with Crippen LogP contribution in [0.4, 0.5) is 5.82 Å². The molecule has 6 heteroatoms. The molecule has 2 aliphatic rings. The summed E-state index contributed by atoms with van der Waals surface area (Å²) >= 11 is 0. The fraction of sp³-hybridized carbons (Fsp3) is 0.261. The maximum atomic E-state index is 13.3. The molecule has 1 aromatic carbocycles. The van der Waals surface area contributed by atoms with Crippen molar-refractivity contribution in [3.8, 4) is 5.75 Å². The average molecular weight is 389 g/mol. The fourth-order valence-corrected chi connectivity index (χ4v) is 4.03. The van der Waals surface area contributed by atoms with Crippen LogP contribution in [0.25, 0.3) is 0 Å². The number of carbonyl (C=O) groups excluding carboxylic acids is 2. The van der Waals surface area contributed by atoms with Gasteiger partial charge in [0.2, 0.25) is 0 Å². The Morgan fingerprint density at radius 2 is 1.97 bits per heavy atom. The number of nitrogens with zero attached hydrogens (tertiary/aromatic N) is 1. The number of hydrogen-bond donors (Lipinski definition) is 2. The zero-order valence-corrected chi connectivity index (χ0v) is 16.5. The van der Waals surface area contributed by atoms with E-state index < -0.39 is 5.92 Å². The molecule has 1 aliphatic carbocycles. The van der Waals surface area contributed by atoms with Gasteiger partial charge in [0.15, 0.2) is 5.78 Å². The molecule has 148 valence electrons. The highest BCUT2D eigenvalue weighted by Crippen LogP contribution is 2.42. The van der Waals surface area contributed by atoms with Gasteiger partial charge in [-0.3, -0.25) is 9.59 Å². The van der Waals surface area contributed by atoms with Crippen molar-refractivity contribution in [2.75, 3.05) is 12.4 Å². The second kappa shape index (κ2) is 7.91. The summed E-state index contributed by atoms with van der Waals surface area (Å²) in [6, 6.07) is 12.9. The van der Waals surface area contributed by atoms with Crippen LogP contribution >= 0.6 is 0 Å². The van der Waals surface area contributed by atoms with Crippen LogP contribution in [0.1, 0.15) is 37.7 Å². The third kappa shape index (κ3) is 3.66. The smallest absolute Gasteiger partial charge is 0.255 e. The Hall–Kier alpha value is -3.41. The number of anilines is 1. The van der Waals surface area contributed by atoms with Gasteiger partial charge >= 0.3 is 0 Å². The average Bonchev–Trinajstić information content (AvgIpc) is 2.73. The second-order valence-corrected chi connectivity index (χ2v) is 7.21. The van der Waals surface area contributed by atoms with Crippen LogP contribution in [-0.4, -0.2) is 23.8 Å². The van der Waals surface area contributed by atoms with Crippen molar-refractivity contribution >= 4 is 17.5 Å². The highest BCUT2D eigenvalue weighted by atomic mass is 16.5. The topological polar surface area (TPSA) is 80.3 Å². The van der Waals surface area contributed by atoms with Crippen molar-refractivity contribution in [2.24, 2.45) is 0 Å². The molecule has 1 amide bonds. The number of carbonyl (C=O) groups is 2. The number of ketones is 1. The number of hydrogen-bond acceptors (Lipinski definition) is 5. The normalized spacial score (nSPS) is 18.8. The van der Waals surface area contributed by atoms with E-state index in [1.807, 2.05) is 37.3 Å². The first-order valence-corrected chi connectivity index (χ1v) is 9.69. The molecular weight excluding hydrogens is 366 g/mol. The number of methoxy groups -OCH3 is 1. The van der Waals surface area contributed by atoms with E-state index in [4.69, 9.17) is 4.74 Å². The van der Waals surface area contributed by atoms with Crippen molar-refractivity contribution in [1.82, 2.24) is 10.3 Å². The van der Waals surface area contributed by atoms with Crippen LogP contribution in [0.15, 0.2) is 71.2 Å². The van der Waals surface area contributed by atoms with Crippen molar-refractivity contribution in [1.29, 1.82) is 0 Å². The first-order valence-electron chi connectivity index (χ1n) is 9.69. The van der Waals surface area contributed by atoms with Crippen molar-refractivity contribution in [3.05, 3.63) is 76.8 Å². The SMILES string of the molecule is COc1ccc([C@@H]2C(C(=O)Nc3ccccn3)=C(C)NC3=C2C(=O)CCC3)cc1. The Balaban J connectivity index is 1.78. The lowest BCUT2D eigenvalue weighted by molar-refractivity contribution is -0.116. The van der Waals surface area contributed by atoms with E-state index in [-0.39, 0.29) is 11.7 Å². The first kappa shape index (κ1) is 18.9. The minimum absolute atomic E-state index is 0.0928. The molecular formula is C23H23N3O3. The fourth-order valence-electron chi connectivity index (χ4n) is 4.03. The van der Waals surface area contributed by atoms with Gasteiger partial charge in [0.25, 0.3) is 5.91 Å². The molecule has 0 saturated carbocycles. The summed E-state index contributed by atoms with van der Waals surface area (Å²) in [6.07, 6.45) is 3.76. The highest BCUT2D eigenvalue weighted by molar-refractivity contribution is 6.09. The van der Waals surface area contributed by atoms with E-state index >= 15 is 0 Å². The minimum atomic E-state index is -0.423. The largest absolute Gasteiger partial charge is 0.497 e. The van der Waals surface area contributed by atoms with Crippen LogP contribution < -0.4 is 15.4 Å². The number of ether oxygens (including phenoxy) is 1. The van der Waals surface area contributed by atoms with Gasteiger partial charge in [-0.25, -0.2) is 4.98 Å². The lowest BCUT2D eigenvalue weighted by Crippen LogP contribution is -2.35. The summed E-state index contributed by atoms with van der Waals surface area (Å²) in [5.41, 5.74) is 3.80. The first-order chi connectivity index (χ1) is 14.1. The van der Waals surface area contributed by atoms with Crippen molar-refractivity contribution in [3.63, 3.8) is 0 Å².